The summed E-state index contributed by atoms with van der Waals surface area (Å²) < 4.78 is 16.4. The maximum Gasteiger partial charge on any atom is 0.232 e. The number of carbonyl (C=O) groups excluding carboxylic acids is 1. The first-order valence-corrected chi connectivity index (χ1v) is 9.11. The van der Waals surface area contributed by atoms with Crippen molar-refractivity contribution in [1.29, 1.82) is 0 Å². The molecule has 1 aliphatic heterocycles. The van der Waals surface area contributed by atoms with E-state index >= 15 is 0 Å². The highest BCUT2D eigenvalue weighted by Crippen LogP contribution is 2.35. The second-order valence-electron chi connectivity index (χ2n) is 6.48. The molecule has 2 N–H and O–H groups in total. The molecule has 1 heterocycles. The third-order valence-corrected chi connectivity index (χ3v) is 4.75. The SMILES string of the molecule is COc1ccc(N2C(=O)[C@H](CCN)[C@@H]2COCOCc2ccccc2)cc1. The Morgan fingerprint density at radius 3 is 2.44 bits per heavy atom. The maximum atomic E-state index is 12.5. The number of methoxy groups -OCH3 is 1. The van der Waals surface area contributed by atoms with Crippen LogP contribution in [0.3, 0.4) is 0 Å². The van der Waals surface area contributed by atoms with Gasteiger partial charge < -0.3 is 24.8 Å². The Labute approximate surface area is 159 Å². The Balaban J connectivity index is 1.53. The van der Waals surface area contributed by atoms with Crippen molar-refractivity contribution < 1.29 is 19.0 Å². The second-order valence-corrected chi connectivity index (χ2v) is 6.48. The Morgan fingerprint density at radius 2 is 1.78 bits per heavy atom. The molecule has 0 spiro atoms. The molecular formula is C21H26N2O4. The number of nitrogens with zero attached hydrogens (tertiary/aromatic N) is 1. The molecule has 27 heavy (non-hydrogen) atoms. The van der Waals surface area contributed by atoms with Gasteiger partial charge in [-0.25, -0.2) is 0 Å². The van der Waals surface area contributed by atoms with Gasteiger partial charge in [0.1, 0.15) is 12.5 Å². The van der Waals surface area contributed by atoms with E-state index < -0.39 is 0 Å². The van der Waals surface area contributed by atoms with E-state index in [0.29, 0.717) is 26.2 Å². The van der Waals surface area contributed by atoms with Crippen LogP contribution in [0.4, 0.5) is 5.69 Å². The van der Waals surface area contributed by atoms with Crippen LogP contribution in [0.5, 0.6) is 5.75 Å². The summed E-state index contributed by atoms with van der Waals surface area (Å²) in [5.41, 5.74) is 7.61. The van der Waals surface area contributed by atoms with E-state index in [-0.39, 0.29) is 24.7 Å². The Hall–Kier alpha value is -2.41. The quantitative estimate of drug-likeness (QED) is 0.395. The Kier molecular flexibility index (Phi) is 6.81. The predicted molar refractivity (Wildman–Crippen MR) is 103 cm³/mol. The summed E-state index contributed by atoms with van der Waals surface area (Å²) in [5, 5.41) is 0. The van der Waals surface area contributed by atoms with Crippen LogP contribution < -0.4 is 15.4 Å². The van der Waals surface area contributed by atoms with Crippen molar-refractivity contribution in [3.05, 3.63) is 60.2 Å². The molecule has 1 saturated heterocycles. The molecule has 0 radical (unpaired) electrons. The van der Waals surface area contributed by atoms with Crippen LogP contribution in [0.2, 0.25) is 0 Å². The van der Waals surface area contributed by atoms with Crippen LogP contribution in [-0.2, 0) is 20.9 Å². The summed E-state index contributed by atoms with van der Waals surface area (Å²) in [4.78, 5) is 14.3. The van der Waals surface area contributed by atoms with E-state index in [1.807, 2.05) is 54.6 Å². The first-order valence-electron chi connectivity index (χ1n) is 9.11. The average Bonchev–Trinajstić information content (AvgIpc) is 2.72. The van der Waals surface area contributed by atoms with Crippen LogP contribution in [0.1, 0.15) is 12.0 Å². The largest absolute Gasteiger partial charge is 0.497 e. The zero-order chi connectivity index (χ0) is 19.1. The fourth-order valence-electron chi connectivity index (χ4n) is 3.31. The smallest absolute Gasteiger partial charge is 0.232 e. The third kappa shape index (κ3) is 4.66. The zero-order valence-electron chi connectivity index (χ0n) is 15.5. The summed E-state index contributed by atoms with van der Waals surface area (Å²) in [5.74, 6) is 0.739. The number of rotatable bonds is 10. The number of ether oxygens (including phenoxy) is 3. The first-order chi connectivity index (χ1) is 13.2. The first kappa shape index (κ1) is 19.4. The molecule has 0 saturated carbocycles. The Morgan fingerprint density at radius 1 is 1.04 bits per heavy atom. The van der Waals surface area contributed by atoms with Gasteiger partial charge in [-0.2, -0.15) is 0 Å². The van der Waals surface area contributed by atoms with Gasteiger partial charge in [-0.15, -0.1) is 0 Å². The van der Waals surface area contributed by atoms with E-state index in [9.17, 15) is 4.79 Å². The lowest BCUT2D eigenvalue weighted by atomic mass is 9.84. The normalized spacial score (nSPS) is 19.0. The maximum absolute atomic E-state index is 12.5. The number of hydrogen-bond donors (Lipinski definition) is 1. The monoisotopic (exact) mass is 370 g/mol. The standard InChI is InChI=1S/C21H26N2O4/c1-25-18-9-7-17(8-10-18)23-20(19(11-12-22)21(23)24)14-27-15-26-13-16-5-3-2-4-6-16/h2-10,19-20H,11-15,22H2,1H3/t19-,20+/m1/s1. The van der Waals surface area contributed by atoms with E-state index in [2.05, 4.69) is 0 Å². The highest BCUT2D eigenvalue weighted by molar-refractivity contribution is 6.03. The van der Waals surface area contributed by atoms with Gasteiger partial charge in [-0.1, -0.05) is 30.3 Å². The number of anilines is 1. The third-order valence-electron chi connectivity index (χ3n) is 4.75. The topological polar surface area (TPSA) is 74.0 Å². The van der Waals surface area contributed by atoms with E-state index in [0.717, 1.165) is 17.0 Å². The minimum absolute atomic E-state index is 0.0326. The van der Waals surface area contributed by atoms with Crippen molar-refractivity contribution >= 4 is 11.6 Å². The molecule has 0 unspecified atom stereocenters. The number of hydrogen-bond acceptors (Lipinski definition) is 5. The predicted octanol–water partition coefficient (Wildman–Crippen LogP) is 2.57. The van der Waals surface area contributed by atoms with Crippen molar-refractivity contribution in [2.24, 2.45) is 11.7 Å². The molecule has 6 heteroatoms. The number of benzene rings is 2. The van der Waals surface area contributed by atoms with Crippen molar-refractivity contribution in [2.75, 3.05) is 32.0 Å². The molecule has 1 fully saturated rings. The summed E-state index contributed by atoms with van der Waals surface area (Å²) in [6.45, 7) is 1.58. The number of amides is 1. The lowest BCUT2D eigenvalue weighted by Gasteiger charge is -2.47. The van der Waals surface area contributed by atoms with Crippen LogP contribution >= 0.6 is 0 Å². The van der Waals surface area contributed by atoms with Crippen molar-refractivity contribution in [3.63, 3.8) is 0 Å². The zero-order valence-corrected chi connectivity index (χ0v) is 15.5. The molecule has 2 aromatic rings. The molecule has 144 valence electrons. The number of β-lactam (4-membered cyclic amide) rings is 1. The molecule has 1 amide bonds. The minimum atomic E-state index is -0.105. The molecular weight excluding hydrogens is 344 g/mol. The van der Waals surface area contributed by atoms with Gasteiger partial charge in [-0.05, 0) is 42.8 Å². The lowest BCUT2D eigenvalue weighted by Crippen LogP contribution is -2.63. The second kappa shape index (κ2) is 9.50. The molecule has 2 aromatic carbocycles. The molecule has 3 rings (SSSR count). The van der Waals surface area contributed by atoms with Gasteiger partial charge in [0, 0.05) is 5.69 Å². The molecule has 1 aliphatic rings. The lowest BCUT2D eigenvalue weighted by molar-refractivity contribution is -0.135. The summed E-state index contributed by atoms with van der Waals surface area (Å²) in [6, 6.07) is 17.4. The molecule has 6 nitrogen and oxygen atoms in total. The van der Waals surface area contributed by atoms with Crippen LogP contribution in [0, 0.1) is 5.92 Å². The summed E-state index contributed by atoms with van der Waals surface area (Å²) in [6.07, 6.45) is 0.657. The molecule has 2 atom stereocenters. The van der Waals surface area contributed by atoms with E-state index in [1.54, 1.807) is 12.0 Å². The Bertz CT molecular complexity index is 721. The minimum Gasteiger partial charge on any atom is -0.497 e. The van der Waals surface area contributed by atoms with E-state index in [4.69, 9.17) is 19.9 Å². The highest BCUT2D eigenvalue weighted by Gasteiger charge is 2.47. The van der Waals surface area contributed by atoms with Crippen LogP contribution in [-0.4, -0.2) is 39.0 Å². The van der Waals surface area contributed by atoms with Gasteiger partial charge >= 0.3 is 0 Å². The highest BCUT2D eigenvalue weighted by atomic mass is 16.7. The number of nitrogens with two attached hydrogens (primary N) is 1. The fourth-order valence-corrected chi connectivity index (χ4v) is 3.31. The van der Waals surface area contributed by atoms with Gasteiger partial charge in [0.2, 0.25) is 5.91 Å². The molecule has 0 aromatic heterocycles. The van der Waals surface area contributed by atoms with Crippen molar-refractivity contribution in [1.82, 2.24) is 0 Å². The average molecular weight is 370 g/mol. The van der Waals surface area contributed by atoms with Crippen LogP contribution in [0.15, 0.2) is 54.6 Å². The van der Waals surface area contributed by atoms with Gasteiger partial charge in [0.15, 0.2) is 0 Å². The van der Waals surface area contributed by atoms with Gasteiger partial charge in [0.05, 0.1) is 32.3 Å². The van der Waals surface area contributed by atoms with Crippen molar-refractivity contribution in [2.45, 2.75) is 19.1 Å². The van der Waals surface area contributed by atoms with Crippen LogP contribution in [0.25, 0.3) is 0 Å². The summed E-state index contributed by atoms with van der Waals surface area (Å²) in [7, 11) is 1.62. The summed E-state index contributed by atoms with van der Waals surface area (Å²) >= 11 is 0. The fraction of sp³-hybridized carbons (Fsp3) is 0.381. The van der Waals surface area contributed by atoms with Gasteiger partial charge in [-0.3, -0.25) is 4.79 Å². The number of carbonyl (C=O) groups is 1. The molecule has 0 bridgehead atoms. The molecule has 0 aliphatic carbocycles. The van der Waals surface area contributed by atoms with E-state index in [1.165, 1.54) is 0 Å². The van der Waals surface area contributed by atoms with Crippen molar-refractivity contribution in [3.8, 4) is 5.75 Å². The van der Waals surface area contributed by atoms with Gasteiger partial charge in [0.25, 0.3) is 0 Å².